The summed E-state index contributed by atoms with van der Waals surface area (Å²) < 4.78 is 0. The van der Waals surface area contributed by atoms with Crippen LogP contribution in [0, 0.1) is 6.92 Å². The molecule has 0 atom stereocenters. The zero-order chi connectivity index (χ0) is 15.7. The molecule has 3 rings (SSSR count). The number of aromatic amines is 1. The van der Waals surface area contributed by atoms with Crippen molar-refractivity contribution in [1.29, 1.82) is 0 Å². The first-order chi connectivity index (χ1) is 10.6. The second-order valence-electron chi connectivity index (χ2n) is 4.81. The summed E-state index contributed by atoms with van der Waals surface area (Å²) in [4.78, 5) is 31.8. The van der Waals surface area contributed by atoms with E-state index in [0.717, 1.165) is 5.69 Å². The largest absolute Gasteiger partial charge is 0.359 e. The third-order valence-corrected chi connectivity index (χ3v) is 3.55. The van der Waals surface area contributed by atoms with E-state index in [-0.39, 0.29) is 11.0 Å². The normalized spacial score (nSPS) is 10.6. The third-order valence-electron chi connectivity index (χ3n) is 3.24. The summed E-state index contributed by atoms with van der Waals surface area (Å²) in [7, 11) is 0. The number of aryl methyl sites for hydroxylation is 1. The Labute approximate surface area is 131 Å². The lowest BCUT2D eigenvalue weighted by molar-refractivity contribution is 0.102. The minimum atomic E-state index is -0.513. The maximum atomic E-state index is 12.4. The Kier molecular flexibility index (Phi) is 3.65. The zero-order valence-corrected chi connectivity index (χ0v) is 12.4. The first-order valence-corrected chi connectivity index (χ1v) is 6.99. The number of para-hydroxylation sites is 1. The maximum Gasteiger partial charge on any atom is 0.262 e. The van der Waals surface area contributed by atoms with Crippen molar-refractivity contribution in [1.82, 2.24) is 9.97 Å². The van der Waals surface area contributed by atoms with Gasteiger partial charge in [-0.3, -0.25) is 9.59 Å². The predicted molar refractivity (Wildman–Crippen MR) is 86.5 cm³/mol. The van der Waals surface area contributed by atoms with Gasteiger partial charge in [-0.15, -0.1) is 0 Å². The van der Waals surface area contributed by atoms with Crippen molar-refractivity contribution >= 4 is 34.2 Å². The Balaban J connectivity index is 2.01. The minimum absolute atomic E-state index is 0.0121. The number of amides is 1. The second-order valence-corrected chi connectivity index (χ2v) is 5.22. The number of pyridine rings is 2. The summed E-state index contributed by atoms with van der Waals surface area (Å²) in [6.45, 7) is 1.82. The number of nitrogens with one attached hydrogen (secondary N) is 2. The van der Waals surface area contributed by atoms with E-state index in [4.69, 9.17) is 11.6 Å². The number of aromatic nitrogens is 2. The summed E-state index contributed by atoms with van der Waals surface area (Å²) in [6, 6.07) is 10.2. The van der Waals surface area contributed by atoms with Crippen LogP contribution < -0.4 is 10.7 Å². The van der Waals surface area contributed by atoms with Crippen molar-refractivity contribution in [2.45, 2.75) is 6.92 Å². The molecule has 22 heavy (non-hydrogen) atoms. The zero-order valence-electron chi connectivity index (χ0n) is 11.7. The number of rotatable bonds is 2. The first-order valence-electron chi connectivity index (χ1n) is 6.61. The van der Waals surface area contributed by atoms with Crippen LogP contribution in [0.25, 0.3) is 10.9 Å². The SMILES string of the molecule is Cc1cccc(NC(=O)c2c[nH]c3c(Cl)cccc3c2=O)n1. The van der Waals surface area contributed by atoms with Crippen LogP contribution in [-0.4, -0.2) is 15.9 Å². The molecule has 110 valence electrons. The first kappa shape index (κ1) is 14.3. The van der Waals surface area contributed by atoms with Crippen molar-refractivity contribution in [3.8, 4) is 0 Å². The van der Waals surface area contributed by atoms with Crippen LogP contribution >= 0.6 is 11.6 Å². The van der Waals surface area contributed by atoms with Crippen LogP contribution in [0.5, 0.6) is 0 Å². The molecule has 2 N–H and O–H groups in total. The quantitative estimate of drug-likeness (QED) is 0.763. The van der Waals surface area contributed by atoms with Crippen molar-refractivity contribution < 1.29 is 4.79 Å². The number of H-pyrrole nitrogens is 1. The van der Waals surface area contributed by atoms with Crippen molar-refractivity contribution in [3.05, 3.63) is 69.1 Å². The van der Waals surface area contributed by atoms with Gasteiger partial charge >= 0.3 is 0 Å². The average molecular weight is 314 g/mol. The van der Waals surface area contributed by atoms with Crippen LogP contribution in [0.4, 0.5) is 5.82 Å². The van der Waals surface area contributed by atoms with Gasteiger partial charge in [0.1, 0.15) is 11.4 Å². The molecule has 0 radical (unpaired) electrons. The standard InChI is InChI=1S/C16H12ClN3O2/c1-9-4-2-7-13(19-9)20-16(22)11-8-18-14-10(15(11)21)5-3-6-12(14)17/h2-8H,1H3,(H,18,21)(H,19,20,22). The van der Waals surface area contributed by atoms with E-state index >= 15 is 0 Å². The lowest BCUT2D eigenvalue weighted by Crippen LogP contribution is -2.22. The molecule has 0 aliphatic heterocycles. The van der Waals surface area contributed by atoms with Crippen molar-refractivity contribution in [3.63, 3.8) is 0 Å². The van der Waals surface area contributed by atoms with E-state index in [2.05, 4.69) is 15.3 Å². The molecule has 1 amide bonds. The van der Waals surface area contributed by atoms with Gasteiger partial charge < -0.3 is 10.3 Å². The highest BCUT2D eigenvalue weighted by atomic mass is 35.5. The Bertz CT molecular complexity index is 934. The smallest absolute Gasteiger partial charge is 0.262 e. The molecule has 3 aromatic rings. The van der Waals surface area contributed by atoms with Crippen molar-refractivity contribution in [2.75, 3.05) is 5.32 Å². The number of hydrogen-bond acceptors (Lipinski definition) is 3. The van der Waals surface area contributed by atoms with E-state index in [1.54, 1.807) is 30.3 Å². The highest BCUT2D eigenvalue weighted by Crippen LogP contribution is 2.18. The molecule has 0 aliphatic rings. The maximum absolute atomic E-state index is 12.4. The number of carbonyl (C=O) groups excluding carboxylic acids is 1. The molecule has 0 aliphatic carbocycles. The molecule has 2 aromatic heterocycles. The molecule has 0 saturated carbocycles. The van der Waals surface area contributed by atoms with Gasteiger partial charge in [0, 0.05) is 17.3 Å². The summed E-state index contributed by atoms with van der Waals surface area (Å²) in [5, 5.41) is 3.42. The summed E-state index contributed by atoms with van der Waals surface area (Å²) in [5.74, 6) is -0.114. The van der Waals surface area contributed by atoms with Gasteiger partial charge in [0.2, 0.25) is 5.43 Å². The van der Waals surface area contributed by atoms with Gasteiger partial charge in [0.15, 0.2) is 0 Å². The highest BCUT2D eigenvalue weighted by molar-refractivity contribution is 6.35. The lowest BCUT2D eigenvalue weighted by atomic mass is 10.1. The molecule has 0 saturated heterocycles. The van der Waals surface area contributed by atoms with E-state index in [0.29, 0.717) is 21.7 Å². The number of nitrogens with zero attached hydrogens (tertiary/aromatic N) is 1. The number of benzene rings is 1. The molecular weight excluding hydrogens is 302 g/mol. The van der Waals surface area contributed by atoms with Crippen LogP contribution in [0.15, 0.2) is 47.4 Å². The van der Waals surface area contributed by atoms with Crippen LogP contribution in [0.3, 0.4) is 0 Å². The predicted octanol–water partition coefficient (Wildman–Crippen LogP) is 3.14. The van der Waals surface area contributed by atoms with Gasteiger partial charge in [0.25, 0.3) is 5.91 Å². The number of hydrogen-bond donors (Lipinski definition) is 2. The fourth-order valence-electron chi connectivity index (χ4n) is 2.18. The number of halogens is 1. The van der Waals surface area contributed by atoms with E-state index in [9.17, 15) is 9.59 Å². The number of anilines is 1. The molecule has 5 nitrogen and oxygen atoms in total. The van der Waals surface area contributed by atoms with Gasteiger partial charge in [-0.25, -0.2) is 4.98 Å². The van der Waals surface area contributed by atoms with Gasteiger partial charge in [-0.1, -0.05) is 23.7 Å². The fraction of sp³-hybridized carbons (Fsp3) is 0.0625. The summed E-state index contributed by atoms with van der Waals surface area (Å²) >= 11 is 6.03. The fourth-order valence-corrected chi connectivity index (χ4v) is 2.41. The lowest BCUT2D eigenvalue weighted by Gasteiger charge is -2.06. The molecule has 1 aromatic carbocycles. The van der Waals surface area contributed by atoms with Crippen LogP contribution in [-0.2, 0) is 0 Å². The van der Waals surface area contributed by atoms with Crippen molar-refractivity contribution in [2.24, 2.45) is 0 Å². The Hall–Kier alpha value is -2.66. The molecule has 0 unspecified atom stereocenters. The van der Waals surface area contributed by atoms with Gasteiger partial charge in [-0.2, -0.15) is 0 Å². The van der Waals surface area contributed by atoms with Gasteiger partial charge in [0.05, 0.1) is 10.5 Å². The van der Waals surface area contributed by atoms with E-state index in [1.807, 2.05) is 13.0 Å². The third kappa shape index (κ3) is 2.58. The molecule has 0 fully saturated rings. The monoisotopic (exact) mass is 313 g/mol. The molecule has 2 heterocycles. The van der Waals surface area contributed by atoms with Gasteiger partial charge in [-0.05, 0) is 31.2 Å². The number of fused-ring (bicyclic) bond motifs is 1. The van der Waals surface area contributed by atoms with E-state index in [1.165, 1.54) is 6.20 Å². The van der Waals surface area contributed by atoms with Crippen LogP contribution in [0.1, 0.15) is 16.1 Å². The van der Waals surface area contributed by atoms with Crippen LogP contribution in [0.2, 0.25) is 5.02 Å². The highest BCUT2D eigenvalue weighted by Gasteiger charge is 2.14. The molecule has 6 heteroatoms. The summed E-state index contributed by atoms with van der Waals surface area (Å²) in [6.07, 6.45) is 1.36. The average Bonchev–Trinajstić information content (AvgIpc) is 2.48. The Morgan fingerprint density at radius 3 is 2.77 bits per heavy atom. The minimum Gasteiger partial charge on any atom is -0.359 e. The molecular formula is C16H12ClN3O2. The Morgan fingerprint density at radius 2 is 2.00 bits per heavy atom. The number of carbonyl (C=O) groups is 1. The van der Waals surface area contributed by atoms with E-state index < -0.39 is 5.91 Å². The molecule has 0 spiro atoms. The summed E-state index contributed by atoms with van der Waals surface area (Å²) in [5.41, 5.74) is 0.927. The Morgan fingerprint density at radius 1 is 1.23 bits per heavy atom. The second kappa shape index (κ2) is 5.61. The topological polar surface area (TPSA) is 74.8 Å². The molecule has 0 bridgehead atoms.